The highest BCUT2D eigenvalue weighted by molar-refractivity contribution is 8.09. The first-order valence-electron chi connectivity index (χ1n) is 14.5. The third-order valence-electron chi connectivity index (χ3n) is 7.96. The molecule has 1 aliphatic carbocycles. The molecule has 5 aromatic rings. The molecule has 5 aromatic carbocycles. The number of benzene rings is 5. The van der Waals surface area contributed by atoms with Crippen LogP contribution in [0.4, 0.5) is 22.7 Å². The molecule has 0 saturated heterocycles. The Labute approximate surface area is 267 Å². The summed E-state index contributed by atoms with van der Waals surface area (Å²) in [5.41, 5.74) is 5.23. The lowest BCUT2D eigenvalue weighted by molar-refractivity contribution is 0.414. The number of fused-ring (bicyclic) bond motifs is 1. The van der Waals surface area contributed by atoms with Crippen molar-refractivity contribution in [3.05, 3.63) is 155 Å². The van der Waals surface area contributed by atoms with Gasteiger partial charge in [-0.2, -0.15) is 0 Å². The van der Waals surface area contributed by atoms with Gasteiger partial charge in [0.2, 0.25) is 0 Å². The van der Waals surface area contributed by atoms with E-state index in [9.17, 15) is 0 Å². The minimum absolute atomic E-state index is 0.379. The molecule has 6 heteroatoms. The maximum absolute atomic E-state index is 5.46. The Balaban J connectivity index is 1.22. The molecule has 2 aliphatic rings. The van der Waals surface area contributed by atoms with Gasteiger partial charge in [-0.3, -0.25) is 0 Å². The van der Waals surface area contributed by atoms with Gasteiger partial charge in [0.25, 0.3) is 0 Å². The fourth-order valence-corrected chi connectivity index (χ4v) is 8.15. The van der Waals surface area contributed by atoms with Crippen molar-refractivity contribution >= 4 is 46.3 Å². The van der Waals surface area contributed by atoms with Crippen molar-refractivity contribution in [1.29, 1.82) is 0 Å². The number of para-hydroxylation sites is 2. The maximum Gasteiger partial charge on any atom is 0.119 e. The summed E-state index contributed by atoms with van der Waals surface area (Å²) < 4.78 is 10.9. The predicted molar refractivity (Wildman–Crippen MR) is 185 cm³/mol. The van der Waals surface area contributed by atoms with Gasteiger partial charge in [0.1, 0.15) is 11.5 Å². The van der Waals surface area contributed by atoms with Crippen LogP contribution in [0.15, 0.2) is 159 Å². The molecule has 1 heterocycles. The number of nitrogens with zero attached hydrogens (tertiary/aromatic N) is 1. The van der Waals surface area contributed by atoms with E-state index < -0.39 is 0 Å². The first-order chi connectivity index (χ1) is 21.6. The molecular weight excluding hydrogens is 581 g/mol. The van der Waals surface area contributed by atoms with E-state index in [2.05, 4.69) is 125 Å². The molecule has 7 rings (SSSR count). The molecule has 0 amide bonds. The van der Waals surface area contributed by atoms with Crippen molar-refractivity contribution in [3.8, 4) is 11.5 Å². The molecule has 0 spiro atoms. The van der Waals surface area contributed by atoms with E-state index in [1.807, 2.05) is 47.8 Å². The topological polar surface area (TPSA) is 33.7 Å². The quantitative estimate of drug-likeness (QED) is 0.188. The van der Waals surface area contributed by atoms with Crippen LogP contribution in [0.25, 0.3) is 0 Å². The molecule has 44 heavy (non-hydrogen) atoms. The van der Waals surface area contributed by atoms with Gasteiger partial charge >= 0.3 is 0 Å². The molecule has 4 nitrogen and oxygen atoms in total. The first-order valence-corrected chi connectivity index (χ1v) is 16.2. The van der Waals surface area contributed by atoms with E-state index in [0.717, 1.165) is 40.7 Å². The zero-order valence-electron chi connectivity index (χ0n) is 24.6. The summed E-state index contributed by atoms with van der Waals surface area (Å²) in [5, 5.41) is 3.87. The average molecular weight is 613 g/mol. The van der Waals surface area contributed by atoms with Crippen molar-refractivity contribution in [1.82, 2.24) is 0 Å². The molecule has 0 fully saturated rings. The molecule has 1 N–H and O–H groups in total. The number of anilines is 4. The fourth-order valence-electron chi connectivity index (χ4n) is 5.72. The van der Waals surface area contributed by atoms with Crippen LogP contribution in [-0.4, -0.2) is 14.2 Å². The van der Waals surface area contributed by atoms with Gasteiger partial charge in [-0.25, -0.2) is 0 Å². The number of ether oxygens (including phenoxy) is 2. The van der Waals surface area contributed by atoms with Gasteiger partial charge in [0.15, 0.2) is 0 Å². The van der Waals surface area contributed by atoms with Crippen molar-refractivity contribution in [2.75, 3.05) is 24.4 Å². The van der Waals surface area contributed by atoms with Crippen LogP contribution in [0.2, 0.25) is 0 Å². The Kier molecular flexibility index (Phi) is 7.86. The molecule has 1 unspecified atom stereocenters. The normalized spacial score (nSPS) is 17.0. The number of allylic oxidation sites excluding steroid dienone is 1. The van der Waals surface area contributed by atoms with Crippen LogP contribution in [0.5, 0.6) is 11.5 Å². The number of thioether (sulfide) groups is 2. The largest absolute Gasteiger partial charge is 0.497 e. The Bertz CT molecular complexity index is 1820. The summed E-state index contributed by atoms with van der Waals surface area (Å²) in [6, 6.07) is 44.4. The lowest BCUT2D eigenvalue weighted by atomic mass is 9.83. The Morgan fingerprint density at radius 3 is 1.93 bits per heavy atom. The molecular formula is C38H32N2O2S2. The van der Waals surface area contributed by atoms with E-state index in [1.165, 1.54) is 25.2 Å². The highest BCUT2D eigenvalue weighted by Gasteiger charge is 2.36. The second kappa shape index (κ2) is 12.2. The van der Waals surface area contributed by atoms with Gasteiger partial charge in [-0.05, 0) is 90.5 Å². The monoisotopic (exact) mass is 612 g/mol. The minimum atomic E-state index is -0.379. The van der Waals surface area contributed by atoms with Crippen LogP contribution in [-0.2, 0) is 5.54 Å². The summed E-state index contributed by atoms with van der Waals surface area (Å²) in [6.07, 6.45) is 5.47. The maximum atomic E-state index is 5.46. The number of hydrogen-bond acceptors (Lipinski definition) is 6. The second-order valence-electron chi connectivity index (χ2n) is 10.7. The van der Waals surface area contributed by atoms with Gasteiger partial charge in [0, 0.05) is 48.8 Å². The molecule has 0 aromatic heterocycles. The lowest BCUT2D eigenvalue weighted by Gasteiger charge is -2.38. The standard InChI is InChI=1S/C38H32N2O2S2/c1-41-32-18-13-27(14-19-32)38(39-28-9-5-3-6-10-28)24-23-35-37(26-38)44-34-22-17-31(25-36(34)43-35)40(29-11-7-4-8-12-29)30-15-20-33(42-2)21-16-30/h3-25,39H,26H2,1-2H3. The molecule has 0 bridgehead atoms. The van der Waals surface area contributed by atoms with Gasteiger partial charge in [-0.1, -0.05) is 78.1 Å². The van der Waals surface area contributed by atoms with Crippen LogP contribution in [0.3, 0.4) is 0 Å². The summed E-state index contributed by atoms with van der Waals surface area (Å²) in [6.45, 7) is 0. The lowest BCUT2D eigenvalue weighted by Crippen LogP contribution is -2.35. The van der Waals surface area contributed by atoms with Crippen molar-refractivity contribution in [2.45, 2.75) is 21.8 Å². The number of hydrogen-bond donors (Lipinski definition) is 1. The SMILES string of the molecule is COc1ccc(N(c2ccccc2)c2ccc3c(c2)SC2=C(CC(Nc4ccccc4)(c4ccc(OC)cc4)C=C2)S3)cc1. The van der Waals surface area contributed by atoms with Crippen molar-refractivity contribution < 1.29 is 9.47 Å². The second-order valence-corrected chi connectivity index (χ2v) is 12.9. The van der Waals surface area contributed by atoms with Crippen molar-refractivity contribution in [3.63, 3.8) is 0 Å². The highest BCUT2D eigenvalue weighted by atomic mass is 32.2. The first kappa shape index (κ1) is 28.3. The Morgan fingerprint density at radius 2 is 1.25 bits per heavy atom. The summed E-state index contributed by atoms with van der Waals surface area (Å²) in [5.74, 6) is 1.70. The van der Waals surface area contributed by atoms with Gasteiger partial charge < -0.3 is 19.7 Å². The Hall–Kier alpha value is -4.52. The van der Waals surface area contributed by atoms with Crippen LogP contribution in [0, 0.1) is 0 Å². The van der Waals surface area contributed by atoms with E-state index in [-0.39, 0.29) is 5.54 Å². The van der Waals surface area contributed by atoms with Crippen molar-refractivity contribution in [2.24, 2.45) is 0 Å². The summed E-state index contributed by atoms with van der Waals surface area (Å²) in [4.78, 5) is 7.50. The van der Waals surface area contributed by atoms with Gasteiger partial charge in [0.05, 0.1) is 19.8 Å². The third kappa shape index (κ3) is 5.59. The fraction of sp³-hybridized carbons (Fsp3) is 0.105. The average Bonchev–Trinajstić information content (AvgIpc) is 3.09. The van der Waals surface area contributed by atoms with E-state index in [1.54, 1.807) is 14.2 Å². The Morgan fingerprint density at radius 1 is 0.636 bits per heavy atom. The zero-order chi connectivity index (χ0) is 29.9. The van der Waals surface area contributed by atoms with E-state index >= 15 is 0 Å². The molecule has 0 saturated carbocycles. The third-order valence-corrected chi connectivity index (χ3v) is 10.6. The summed E-state index contributed by atoms with van der Waals surface area (Å²) in [7, 11) is 3.41. The highest BCUT2D eigenvalue weighted by Crippen LogP contribution is 2.55. The number of nitrogens with one attached hydrogen (secondary N) is 1. The van der Waals surface area contributed by atoms with Gasteiger partial charge in [-0.15, -0.1) is 0 Å². The molecule has 0 radical (unpaired) electrons. The number of rotatable bonds is 8. The van der Waals surface area contributed by atoms with Crippen LogP contribution in [0.1, 0.15) is 12.0 Å². The summed E-state index contributed by atoms with van der Waals surface area (Å²) >= 11 is 3.74. The van der Waals surface area contributed by atoms with E-state index in [4.69, 9.17) is 9.47 Å². The zero-order valence-corrected chi connectivity index (χ0v) is 26.2. The minimum Gasteiger partial charge on any atom is -0.497 e. The smallest absolute Gasteiger partial charge is 0.119 e. The molecule has 1 aliphatic heterocycles. The van der Waals surface area contributed by atoms with Crippen LogP contribution < -0.4 is 19.7 Å². The van der Waals surface area contributed by atoms with Crippen LogP contribution >= 0.6 is 23.5 Å². The predicted octanol–water partition coefficient (Wildman–Crippen LogP) is 10.6. The molecule has 1 atom stereocenters. The van der Waals surface area contributed by atoms with E-state index in [0.29, 0.717) is 0 Å². The molecule has 218 valence electrons. The number of methoxy groups -OCH3 is 2.